The molecule has 0 aliphatic heterocycles. The minimum absolute atomic E-state index is 0.603. The average Bonchev–Trinajstić information content (AvgIpc) is 2.51. The van der Waals surface area contributed by atoms with Crippen molar-refractivity contribution in [2.45, 2.75) is 45.2 Å². The Morgan fingerprint density at radius 1 is 0.818 bits per heavy atom. The number of halogens is 3. The maximum Gasteiger partial charge on any atom is 0.416 e. The highest BCUT2D eigenvalue weighted by molar-refractivity contribution is 5.64. The molecule has 0 nitrogen and oxygen atoms in total. The zero-order valence-electron chi connectivity index (χ0n) is 12.8. The van der Waals surface area contributed by atoms with Gasteiger partial charge in [-0.05, 0) is 41.7 Å². The average molecular weight is 306 g/mol. The molecule has 0 N–H and O–H groups in total. The molecule has 0 radical (unpaired) electrons. The van der Waals surface area contributed by atoms with Crippen LogP contribution in [0.25, 0.3) is 11.1 Å². The molecular formula is C19H21F3. The van der Waals surface area contributed by atoms with Gasteiger partial charge in [-0.3, -0.25) is 0 Å². The highest BCUT2D eigenvalue weighted by Gasteiger charge is 2.30. The summed E-state index contributed by atoms with van der Waals surface area (Å²) >= 11 is 0. The summed E-state index contributed by atoms with van der Waals surface area (Å²) in [6.07, 6.45) is 1.59. The molecule has 2 aromatic carbocycles. The van der Waals surface area contributed by atoms with Crippen LogP contribution in [0, 0.1) is 0 Å². The topological polar surface area (TPSA) is 0 Å². The lowest BCUT2D eigenvalue weighted by atomic mass is 9.99. The molecule has 0 saturated carbocycles. The Labute approximate surface area is 130 Å². The highest BCUT2D eigenvalue weighted by atomic mass is 19.4. The van der Waals surface area contributed by atoms with Gasteiger partial charge in [0.25, 0.3) is 0 Å². The predicted octanol–water partition coefficient (Wildman–Crippen LogP) is 6.50. The number of hydrogen-bond acceptors (Lipinski definition) is 0. The lowest BCUT2D eigenvalue weighted by molar-refractivity contribution is -0.137. The van der Waals surface area contributed by atoms with E-state index in [0.717, 1.165) is 24.5 Å². The number of alkyl halides is 3. The van der Waals surface area contributed by atoms with Crippen molar-refractivity contribution in [2.75, 3.05) is 0 Å². The summed E-state index contributed by atoms with van der Waals surface area (Å²) in [5.74, 6) is 0. The van der Waals surface area contributed by atoms with Crippen LogP contribution in [0.1, 0.15) is 43.7 Å². The van der Waals surface area contributed by atoms with Crippen molar-refractivity contribution in [3.63, 3.8) is 0 Å². The van der Waals surface area contributed by atoms with E-state index >= 15 is 0 Å². The van der Waals surface area contributed by atoms with E-state index in [0.29, 0.717) is 5.56 Å². The molecule has 2 rings (SSSR count). The molecule has 0 heterocycles. The van der Waals surface area contributed by atoms with Crippen molar-refractivity contribution in [1.82, 2.24) is 0 Å². The van der Waals surface area contributed by atoms with E-state index in [9.17, 15) is 13.2 Å². The second-order valence-corrected chi connectivity index (χ2v) is 5.59. The maximum atomic E-state index is 12.7. The molecule has 0 bridgehead atoms. The van der Waals surface area contributed by atoms with Crippen molar-refractivity contribution in [3.05, 3.63) is 59.7 Å². The first-order valence-electron chi connectivity index (χ1n) is 7.77. The minimum Gasteiger partial charge on any atom is -0.166 e. The second-order valence-electron chi connectivity index (χ2n) is 5.59. The van der Waals surface area contributed by atoms with E-state index in [1.54, 1.807) is 6.07 Å². The first kappa shape index (κ1) is 16.6. The van der Waals surface area contributed by atoms with Crippen molar-refractivity contribution in [1.29, 1.82) is 0 Å². The van der Waals surface area contributed by atoms with E-state index in [4.69, 9.17) is 0 Å². The Morgan fingerprint density at radius 2 is 1.55 bits per heavy atom. The smallest absolute Gasteiger partial charge is 0.166 e. The quantitative estimate of drug-likeness (QED) is 0.535. The fourth-order valence-corrected chi connectivity index (χ4v) is 2.49. The largest absolute Gasteiger partial charge is 0.416 e. The lowest BCUT2D eigenvalue weighted by Crippen LogP contribution is -2.04. The molecule has 3 heteroatoms. The minimum atomic E-state index is -4.30. The molecule has 0 aliphatic rings. The molecular weight excluding hydrogens is 285 g/mol. The van der Waals surface area contributed by atoms with Crippen molar-refractivity contribution in [2.24, 2.45) is 0 Å². The van der Waals surface area contributed by atoms with Crippen LogP contribution in [0.5, 0.6) is 0 Å². The Bertz CT molecular complexity index is 582. The fourth-order valence-electron chi connectivity index (χ4n) is 2.49. The third kappa shape index (κ3) is 4.62. The molecule has 2 aromatic rings. The summed E-state index contributed by atoms with van der Waals surface area (Å²) in [5.41, 5.74) is 2.07. The number of unbranched alkanes of at least 4 members (excludes halogenated alkanes) is 3. The van der Waals surface area contributed by atoms with E-state index in [2.05, 4.69) is 6.92 Å². The van der Waals surface area contributed by atoms with Crippen molar-refractivity contribution >= 4 is 0 Å². The third-order valence-electron chi connectivity index (χ3n) is 3.80. The first-order chi connectivity index (χ1) is 10.5. The van der Waals surface area contributed by atoms with E-state index < -0.39 is 11.7 Å². The summed E-state index contributed by atoms with van der Waals surface area (Å²) in [4.78, 5) is 0. The van der Waals surface area contributed by atoms with Crippen LogP contribution in [0.15, 0.2) is 48.5 Å². The Hall–Kier alpha value is -1.77. The molecule has 0 saturated heterocycles. The van der Waals surface area contributed by atoms with Crippen LogP contribution in [-0.4, -0.2) is 0 Å². The van der Waals surface area contributed by atoms with Gasteiger partial charge in [-0.25, -0.2) is 0 Å². The Morgan fingerprint density at radius 3 is 2.18 bits per heavy atom. The summed E-state index contributed by atoms with van der Waals surface area (Å²) in [7, 11) is 0. The van der Waals surface area contributed by atoms with E-state index in [1.165, 1.54) is 37.0 Å². The van der Waals surface area contributed by atoms with Gasteiger partial charge in [-0.1, -0.05) is 62.6 Å². The number of hydrogen-bond donors (Lipinski definition) is 0. The Balaban J connectivity index is 2.07. The van der Waals surface area contributed by atoms with E-state index in [-0.39, 0.29) is 0 Å². The van der Waals surface area contributed by atoms with Crippen LogP contribution in [0.2, 0.25) is 0 Å². The van der Waals surface area contributed by atoms with Gasteiger partial charge in [-0.15, -0.1) is 0 Å². The zero-order chi connectivity index (χ0) is 16.0. The van der Waals surface area contributed by atoms with Gasteiger partial charge >= 0.3 is 6.18 Å². The first-order valence-corrected chi connectivity index (χ1v) is 7.77. The van der Waals surface area contributed by atoms with Gasteiger partial charge in [0.05, 0.1) is 5.56 Å². The normalized spacial score (nSPS) is 11.6. The van der Waals surface area contributed by atoms with Gasteiger partial charge < -0.3 is 0 Å². The van der Waals surface area contributed by atoms with Gasteiger partial charge in [0.1, 0.15) is 0 Å². The van der Waals surface area contributed by atoms with Crippen LogP contribution >= 0.6 is 0 Å². The van der Waals surface area contributed by atoms with Crippen molar-refractivity contribution < 1.29 is 13.2 Å². The molecule has 22 heavy (non-hydrogen) atoms. The van der Waals surface area contributed by atoms with Crippen LogP contribution in [0.3, 0.4) is 0 Å². The molecule has 0 aromatic heterocycles. The summed E-state index contributed by atoms with van der Waals surface area (Å²) in [6.45, 7) is 2.18. The number of aryl methyl sites for hydroxylation is 1. The van der Waals surface area contributed by atoms with E-state index in [1.807, 2.05) is 24.3 Å². The monoisotopic (exact) mass is 306 g/mol. The molecule has 0 fully saturated rings. The summed E-state index contributed by atoms with van der Waals surface area (Å²) < 4.78 is 38.2. The molecule has 0 spiro atoms. The molecule has 0 atom stereocenters. The van der Waals surface area contributed by atoms with Gasteiger partial charge in [0.15, 0.2) is 0 Å². The van der Waals surface area contributed by atoms with Crippen LogP contribution in [0.4, 0.5) is 13.2 Å². The fraction of sp³-hybridized carbons (Fsp3) is 0.368. The molecule has 118 valence electrons. The van der Waals surface area contributed by atoms with Gasteiger partial charge in [-0.2, -0.15) is 13.2 Å². The summed E-state index contributed by atoms with van der Waals surface area (Å²) in [5, 5.41) is 0. The lowest BCUT2D eigenvalue weighted by Gasteiger charge is -2.09. The van der Waals surface area contributed by atoms with Gasteiger partial charge in [0, 0.05) is 0 Å². The number of benzene rings is 2. The number of rotatable bonds is 6. The molecule has 0 amide bonds. The zero-order valence-corrected chi connectivity index (χ0v) is 12.8. The second kappa shape index (κ2) is 7.48. The van der Waals surface area contributed by atoms with Crippen LogP contribution < -0.4 is 0 Å². The van der Waals surface area contributed by atoms with Crippen molar-refractivity contribution in [3.8, 4) is 11.1 Å². The SMILES string of the molecule is CCCCCCc1ccc(-c2cccc(C(F)(F)F)c2)cc1. The maximum absolute atomic E-state index is 12.7. The summed E-state index contributed by atoms with van der Waals surface area (Å²) in [6, 6.07) is 13.3. The standard InChI is InChI=1S/C19H21F3/c1-2-3-4-5-7-15-10-12-16(13-11-15)17-8-6-9-18(14-17)19(20,21)22/h6,8-14H,2-5,7H2,1H3. The molecule has 0 unspecified atom stereocenters. The highest BCUT2D eigenvalue weighted by Crippen LogP contribution is 2.32. The molecule has 0 aliphatic carbocycles. The Kier molecular flexibility index (Phi) is 5.64. The third-order valence-corrected chi connectivity index (χ3v) is 3.80. The predicted molar refractivity (Wildman–Crippen MR) is 84.7 cm³/mol. The van der Waals surface area contributed by atoms with Crippen LogP contribution in [-0.2, 0) is 12.6 Å². The van der Waals surface area contributed by atoms with Gasteiger partial charge in [0.2, 0.25) is 0 Å².